The number of nitrogens with one attached hydrogen (secondary N) is 1. The number of nitrogens with zero attached hydrogens (tertiary/aromatic N) is 3. The van der Waals surface area contributed by atoms with Crippen molar-refractivity contribution in [3.05, 3.63) is 0 Å². The summed E-state index contributed by atoms with van der Waals surface area (Å²) in [5.41, 5.74) is 6.21. The molecule has 0 aromatic rings. The normalized spacial score (nSPS) is 6.88. The Labute approximate surface area is 47.4 Å². The molecule has 0 aromatic heterocycles. The van der Waals surface area contributed by atoms with Crippen LogP contribution >= 0.6 is 0 Å². The Hall–Kier alpha value is -1.20. The minimum absolute atomic E-state index is 0.497. The van der Waals surface area contributed by atoms with Gasteiger partial charge in [-0.25, -0.2) is 0 Å². The molecule has 0 aliphatic rings. The molecule has 1 N–H and O–H groups in total. The number of unbranched alkanes of at least 4 members (excludes halogenated alkanes) is 1. The van der Waals surface area contributed by atoms with Gasteiger partial charge in [-0.15, -0.1) is 0 Å². The SMILES string of the molecule is N#CCCCN=[N+]=N. The highest BCUT2D eigenvalue weighted by molar-refractivity contribution is 4.67. The Morgan fingerprint density at radius 1 is 1.75 bits per heavy atom. The first-order chi connectivity index (χ1) is 3.91. The average molecular weight is 111 g/mol. The Morgan fingerprint density at radius 3 is 3.00 bits per heavy atom. The van der Waals surface area contributed by atoms with Crippen molar-refractivity contribution < 1.29 is 0 Å². The van der Waals surface area contributed by atoms with Gasteiger partial charge in [-0.05, 0) is 6.42 Å². The molecule has 4 nitrogen and oxygen atoms in total. The van der Waals surface area contributed by atoms with Crippen LogP contribution in [-0.2, 0) is 0 Å². The minimum Gasteiger partial charge on any atom is -0.198 e. The van der Waals surface area contributed by atoms with Crippen molar-refractivity contribution >= 4 is 0 Å². The third kappa shape index (κ3) is 4.80. The van der Waals surface area contributed by atoms with Crippen LogP contribution in [0.3, 0.4) is 0 Å². The van der Waals surface area contributed by atoms with Gasteiger partial charge in [0, 0.05) is 6.42 Å². The Kier molecular flexibility index (Phi) is 4.93. The van der Waals surface area contributed by atoms with E-state index in [0.29, 0.717) is 19.4 Å². The second-order valence-corrected chi connectivity index (χ2v) is 1.23. The molecule has 0 amide bonds. The molecule has 0 atom stereocenters. The fourth-order valence-corrected chi connectivity index (χ4v) is 0.279. The fourth-order valence-electron chi connectivity index (χ4n) is 0.279. The molecule has 0 heterocycles. The van der Waals surface area contributed by atoms with Gasteiger partial charge in [0.2, 0.25) is 4.91 Å². The van der Waals surface area contributed by atoms with Gasteiger partial charge in [0.1, 0.15) is 17.2 Å². The molecular formula is C4H7N4+. The van der Waals surface area contributed by atoms with E-state index in [9.17, 15) is 0 Å². The van der Waals surface area contributed by atoms with Gasteiger partial charge in [0.25, 0.3) is 0 Å². The fraction of sp³-hybridized carbons (Fsp3) is 0.750. The summed E-state index contributed by atoms with van der Waals surface area (Å²) in [5, 5.41) is 11.3. The predicted octanol–water partition coefficient (Wildman–Crippen LogP) is 0.841. The standard InChI is InChI=1S/C4H7N4/c5-3-1-2-4-7-8-6/h6H,1-2,4H2/q+1. The summed E-state index contributed by atoms with van der Waals surface area (Å²) in [7, 11) is 0. The zero-order chi connectivity index (χ0) is 6.24. The molecule has 0 aliphatic heterocycles. The lowest BCUT2D eigenvalue weighted by atomic mass is 10.3. The Balaban J connectivity index is 2.96. The zero-order valence-electron chi connectivity index (χ0n) is 4.46. The van der Waals surface area contributed by atoms with Crippen molar-refractivity contribution in [2.45, 2.75) is 12.8 Å². The number of hydrogen-bond donors (Lipinski definition) is 1. The quantitative estimate of drug-likeness (QED) is 0.327. The second kappa shape index (κ2) is 5.80. The first-order valence-electron chi connectivity index (χ1n) is 2.32. The number of nitriles is 1. The molecule has 42 valence electrons. The minimum atomic E-state index is 0.497. The van der Waals surface area contributed by atoms with Crippen molar-refractivity contribution in [3.63, 3.8) is 0 Å². The van der Waals surface area contributed by atoms with Crippen LogP contribution in [0.2, 0.25) is 0 Å². The summed E-state index contributed by atoms with van der Waals surface area (Å²) in [5.74, 6) is 0. The average Bonchev–Trinajstić information content (AvgIpc) is 1.81. The monoisotopic (exact) mass is 111 g/mol. The molecular weight excluding hydrogens is 104 g/mol. The molecule has 0 spiro atoms. The van der Waals surface area contributed by atoms with E-state index in [1.54, 1.807) is 0 Å². The Bertz CT molecular complexity index is 127. The lowest BCUT2D eigenvalue weighted by molar-refractivity contribution is 0.783. The molecule has 0 bridgehead atoms. The van der Waals surface area contributed by atoms with Gasteiger partial charge in [0.15, 0.2) is 0 Å². The van der Waals surface area contributed by atoms with Crippen molar-refractivity contribution in [1.29, 1.82) is 10.8 Å². The summed E-state index contributed by atoms with van der Waals surface area (Å²) in [6.45, 7) is 0.497. The van der Waals surface area contributed by atoms with Gasteiger partial charge in [-0.1, -0.05) is 0 Å². The van der Waals surface area contributed by atoms with Crippen molar-refractivity contribution in [1.82, 2.24) is 4.91 Å². The van der Waals surface area contributed by atoms with E-state index in [2.05, 4.69) is 10.0 Å². The van der Waals surface area contributed by atoms with Crippen LogP contribution in [0.5, 0.6) is 0 Å². The maximum atomic E-state index is 8.00. The van der Waals surface area contributed by atoms with Crippen molar-refractivity contribution in [3.8, 4) is 6.07 Å². The predicted molar refractivity (Wildman–Crippen MR) is 27.0 cm³/mol. The van der Waals surface area contributed by atoms with Crippen LogP contribution in [0.15, 0.2) is 5.11 Å². The number of hydrogen-bond acceptors (Lipinski definition) is 3. The highest BCUT2D eigenvalue weighted by Gasteiger charge is 1.85. The summed E-state index contributed by atoms with van der Waals surface area (Å²) in [6.07, 6.45) is 1.21. The first kappa shape index (κ1) is 6.80. The van der Waals surface area contributed by atoms with Crippen molar-refractivity contribution in [2.75, 3.05) is 6.54 Å². The smallest absolute Gasteiger partial charge is 0.198 e. The molecule has 0 rings (SSSR count). The molecule has 0 unspecified atom stereocenters. The van der Waals surface area contributed by atoms with E-state index in [-0.39, 0.29) is 0 Å². The highest BCUT2D eigenvalue weighted by atomic mass is 15.1. The van der Waals surface area contributed by atoms with Crippen LogP contribution in [0.1, 0.15) is 12.8 Å². The molecule has 0 fully saturated rings. The van der Waals surface area contributed by atoms with Crippen LogP contribution in [0, 0.1) is 16.9 Å². The van der Waals surface area contributed by atoms with E-state index in [1.807, 2.05) is 6.07 Å². The maximum absolute atomic E-state index is 8.00. The molecule has 8 heavy (non-hydrogen) atoms. The topological polar surface area (TPSA) is 74.1 Å². The molecule has 0 saturated heterocycles. The van der Waals surface area contributed by atoms with Crippen LogP contribution < -0.4 is 4.91 Å². The van der Waals surface area contributed by atoms with Crippen molar-refractivity contribution in [2.24, 2.45) is 5.11 Å². The summed E-state index contributed by atoms with van der Waals surface area (Å²) >= 11 is 0. The van der Waals surface area contributed by atoms with E-state index >= 15 is 0 Å². The van der Waals surface area contributed by atoms with Gasteiger partial charge < -0.3 is 0 Å². The van der Waals surface area contributed by atoms with Gasteiger partial charge in [-0.2, -0.15) is 5.26 Å². The third-order valence-electron chi connectivity index (χ3n) is 0.617. The van der Waals surface area contributed by atoms with E-state index in [1.165, 1.54) is 0 Å². The van der Waals surface area contributed by atoms with Crippen LogP contribution in [0.4, 0.5) is 0 Å². The lowest BCUT2D eigenvalue weighted by Gasteiger charge is -1.73. The summed E-state index contributed by atoms with van der Waals surface area (Å²) in [6, 6.07) is 1.96. The van der Waals surface area contributed by atoms with E-state index in [4.69, 9.17) is 10.8 Å². The second-order valence-electron chi connectivity index (χ2n) is 1.23. The van der Waals surface area contributed by atoms with E-state index < -0.39 is 0 Å². The van der Waals surface area contributed by atoms with Gasteiger partial charge >= 0.3 is 0 Å². The molecule has 0 saturated carbocycles. The maximum Gasteiger partial charge on any atom is 0.214 e. The van der Waals surface area contributed by atoms with Crippen LogP contribution in [-0.4, -0.2) is 6.54 Å². The lowest BCUT2D eigenvalue weighted by Crippen LogP contribution is -1.77. The zero-order valence-corrected chi connectivity index (χ0v) is 4.46. The van der Waals surface area contributed by atoms with Gasteiger partial charge in [0.05, 0.1) is 6.07 Å². The summed E-state index contributed by atoms with van der Waals surface area (Å²) < 4.78 is 0. The largest absolute Gasteiger partial charge is 0.214 e. The van der Waals surface area contributed by atoms with E-state index in [0.717, 1.165) is 0 Å². The Morgan fingerprint density at radius 2 is 2.50 bits per heavy atom. The number of rotatable bonds is 3. The highest BCUT2D eigenvalue weighted by Crippen LogP contribution is 1.83. The molecule has 0 aromatic carbocycles. The van der Waals surface area contributed by atoms with Gasteiger partial charge in [-0.3, -0.25) is 0 Å². The first-order valence-corrected chi connectivity index (χ1v) is 2.32. The molecule has 4 heteroatoms. The molecule has 0 aliphatic carbocycles. The summed E-state index contributed by atoms with van der Waals surface area (Å²) in [4.78, 5) is 2.77. The third-order valence-corrected chi connectivity index (χ3v) is 0.617. The molecule has 0 radical (unpaired) electrons. The van der Waals surface area contributed by atoms with Crippen LogP contribution in [0.25, 0.3) is 0 Å².